The molecule has 2 N–H and O–H groups in total. The fourth-order valence-corrected chi connectivity index (χ4v) is 3.95. The van der Waals surface area contributed by atoms with E-state index < -0.39 is 18.0 Å². The van der Waals surface area contributed by atoms with Gasteiger partial charge in [0.25, 0.3) is 0 Å². The number of hydrogen-bond donors (Lipinski definition) is 2. The van der Waals surface area contributed by atoms with Gasteiger partial charge >= 0.3 is 12.0 Å². The van der Waals surface area contributed by atoms with Crippen molar-refractivity contribution in [2.24, 2.45) is 0 Å². The van der Waals surface area contributed by atoms with Gasteiger partial charge < -0.3 is 24.8 Å². The molecule has 7 heteroatoms. The van der Waals surface area contributed by atoms with E-state index >= 15 is 0 Å². The topological polar surface area (TPSA) is 85.9 Å². The summed E-state index contributed by atoms with van der Waals surface area (Å²) in [4.78, 5) is 25.4. The number of allylic oxidation sites excluding steroid dienone is 1. The molecule has 0 fully saturated rings. The molecule has 7 nitrogen and oxygen atoms in total. The number of esters is 1. The van der Waals surface area contributed by atoms with Crippen LogP contribution in [0.25, 0.3) is 0 Å². The van der Waals surface area contributed by atoms with Crippen LogP contribution in [0.2, 0.25) is 0 Å². The molecular formula is C29H30N2O5. The van der Waals surface area contributed by atoms with E-state index in [1.165, 1.54) is 5.56 Å². The van der Waals surface area contributed by atoms with E-state index in [-0.39, 0.29) is 6.61 Å². The number of urea groups is 1. The van der Waals surface area contributed by atoms with Crippen LogP contribution in [0.1, 0.15) is 42.1 Å². The van der Waals surface area contributed by atoms with Gasteiger partial charge in [-0.15, -0.1) is 0 Å². The standard InChI is InChI=1S/C29H30N2O5/c1-4-34-25-16-23(14-15-24(25)35-17-22-12-10-19(2)11-13-22)27-26(20(3)30-29(33)31-27)28(32)36-18-21-8-6-5-7-9-21/h5-16,27H,4,17-18H2,1-3H3,(H2,30,31,33). The van der Waals surface area contributed by atoms with Gasteiger partial charge in [0.2, 0.25) is 0 Å². The summed E-state index contributed by atoms with van der Waals surface area (Å²) < 4.78 is 17.5. The molecule has 1 heterocycles. The number of carbonyl (C=O) groups is 2. The van der Waals surface area contributed by atoms with Gasteiger partial charge in [-0.2, -0.15) is 0 Å². The predicted octanol–water partition coefficient (Wildman–Crippen LogP) is 5.34. The van der Waals surface area contributed by atoms with Crippen LogP contribution in [0.4, 0.5) is 4.79 Å². The Morgan fingerprint density at radius 1 is 0.861 bits per heavy atom. The van der Waals surface area contributed by atoms with Crippen LogP contribution in [0.3, 0.4) is 0 Å². The number of ether oxygens (including phenoxy) is 3. The summed E-state index contributed by atoms with van der Waals surface area (Å²) in [7, 11) is 0. The normalized spacial score (nSPS) is 15.1. The molecular weight excluding hydrogens is 456 g/mol. The van der Waals surface area contributed by atoms with E-state index in [0.29, 0.717) is 41.5 Å². The molecule has 4 rings (SSSR count). The molecule has 3 aromatic rings. The number of aryl methyl sites for hydroxylation is 1. The third kappa shape index (κ3) is 6.05. The Kier molecular flexibility index (Phi) is 7.90. The van der Waals surface area contributed by atoms with Gasteiger partial charge in [0.05, 0.1) is 18.2 Å². The second-order valence-electron chi connectivity index (χ2n) is 8.55. The van der Waals surface area contributed by atoms with E-state index in [4.69, 9.17) is 14.2 Å². The maximum Gasteiger partial charge on any atom is 0.338 e. The summed E-state index contributed by atoms with van der Waals surface area (Å²) in [6.45, 7) is 6.57. The van der Waals surface area contributed by atoms with Crippen LogP contribution >= 0.6 is 0 Å². The van der Waals surface area contributed by atoms with Crippen molar-refractivity contribution in [1.82, 2.24) is 10.6 Å². The highest BCUT2D eigenvalue weighted by atomic mass is 16.5. The summed E-state index contributed by atoms with van der Waals surface area (Å²) in [5.74, 6) is 0.603. The maximum atomic E-state index is 13.1. The SMILES string of the molecule is CCOc1cc(C2NC(=O)NC(C)=C2C(=O)OCc2ccccc2)ccc1OCc1ccc(C)cc1. The molecule has 1 unspecified atom stereocenters. The molecule has 0 radical (unpaired) electrons. The molecule has 2 amide bonds. The minimum atomic E-state index is -0.702. The van der Waals surface area contributed by atoms with Crippen molar-refractivity contribution in [3.63, 3.8) is 0 Å². The average molecular weight is 487 g/mol. The Hall–Kier alpha value is -4.26. The Morgan fingerprint density at radius 3 is 2.31 bits per heavy atom. The summed E-state index contributed by atoms with van der Waals surface area (Å²) >= 11 is 0. The van der Waals surface area contributed by atoms with Crippen LogP contribution in [-0.2, 0) is 22.7 Å². The van der Waals surface area contributed by atoms with Gasteiger partial charge in [-0.1, -0.05) is 66.2 Å². The first-order valence-electron chi connectivity index (χ1n) is 11.9. The lowest BCUT2D eigenvalue weighted by molar-refractivity contribution is -0.140. The zero-order valence-corrected chi connectivity index (χ0v) is 20.7. The molecule has 0 bridgehead atoms. The smallest absolute Gasteiger partial charge is 0.338 e. The molecule has 0 saturated heterocycles. The third-order valence-electron chi connectivity index (χ3n) is 5.82. The van der Waals surface area contributed by atoms with Crippen molar-refractivity contribution in [1.29, 1.82) is 0 Å². The lowest BCUT2D eigenvalue weighted by Crippen LogP contribution is -2.45. The first kappa shape index (κ1) is 24.9. The first-order valence-corrected chi connectivity index (χ1v) is 11.9. The minimum Gasteiger partial charge on any atom is -0.490 e. The second-order valence-corrected chi connectivity index (χ2v) is 8.55. The predicted molar refractivity (Wildman–Crippen MR) is 136 cm³/mol. The Morgan fingerprint density at radius 2 is 1.58 bits per heavy atom. The van der Waals surface area contributed by atoms with E-state index in [2.05, 4.69) is 10.6 Å². The van der Waals surface area contributed by atoms with Gasteiger partial charge in [-0.3, -0.25) is 0 Å². The molecule has 0 aromatic heterocycles. The monoisotopic (exact) mass is 486 g/mol. The van der Waals surface area contributed by atoms with Gasteiger partial charge in [-0.05, 0) is 49.6 Å². The highest BCUT2D eigenvalue weighted by molar-refractivity contribution is 5.95. The van der Waals surface area contributed by atoms with Crippen LogP contribution < -0.4 is 20.1 Å². The maximum absolute atomic E-state index is 13.1. The number of hydrogen-bond acceptors (Lipinski definition) is 5. The Balaban J connectivity index is 1.56. The van der Waals surface area contributed by atoms with Gasteiger partial charge in [0.1, 0.15) is 13.2 Å². The fraction of sp³-hybridized carbons (Fsp3) is 0.241. The quantitative estimate of drug-likeness (QED) is 0.399. The number of nitrogens with one attached hydrogen (secondary N) is 2. The van der Waals surface area contributed by atoms with Crippen LogP contribution in [0, 0.1) is 6.92 Å². The van der Waals surface area contributed by atoms with Crippen molar-refractivity contribution < 1.29 is 23.8 Å². The molecule has 1 atom stereocenters. The molecule has 0 spiro atoms. The van der Waals surface area contributed by atoms with E-state index in [1.54, 1.807) is 19.1 Å². The van der Waals surface area contributed by atoms with Crippen molar-refractivity contribution in [2.75, 3.05) is 6.61 Å². The highest BCUT2D eigenvalue weighted by Gasteiger charge is 2.33. The number of benzene rings is 3. The van der Waals surface area contributed by atoms with Crippen molar-refractivity contribution in [2.45, 2.75) is 40.0 Å². The second kappa shape index (κ2) is 11.4. The Bertz CT molecular complexity index is 1250. The number of amides is 2. The molecule has 0 saturated carbocycles. The zero-order valence-electron chi connectivity index (χ0n) is 20.7. The molecule has 1 aliphatic rings. The molecule has 36 heavy (non-hydrogen) atoms. The van der Waals surface area contributed by atoms with Gasteiger partial charge in [-0.25, -0.2) is 9.59 Å². The van der Waals surface area contributed by atoms with Gasteiger partial charge in [0, 0.05) is 5.70 Å². The van der Waals surface area contributed by atoms with Crippen LogP contribution in [0.15, 0.2) is 84.1 Å². The largest absolute Gasteiger partial charge is 0.490 e. The Labute approximate surface area is 211 Å². The lowest BCUT2D eigenvalue weighted by atomic mass is 9.95. The number of rotatable bonds is 9. The summed E-state index contributed by atoms with van der Waals surface area (Å²) in [5.41, 5.74) is 4.56. The zero-order chi connectivity index (χ0) is 25.5. The van der Waals surface area contributed by atoms with Crippen LogP contribution in [0.5, 0.6) is 11.5 Å². The summed E-state index contributed by atoms with van der Waals surface area (Å²) in [6, 6.07) is 21.9. The summed E-state index contributed by atoms with van der Waals surface area (Å²) in [5, 5.41) is 5.51. The summed E-state index contributed by atoms with van der Waals surface area (Å²) in [6.07, 6.45) is 0. The average Bonchev–Trinajstić information content (AvgIpc) is 2.88. The lowest BCUT2D eigenvalue weighted by Gasteiger charge is -2.28. The minimum absolute atomic E-state index is 0.132. The van der Waals surface area contributed by atoms with E-state index in [9.17, 15) is 9.59 Å². The molecule has 1 aliphatic heterocycles. The third-order valence-corrected chi connectivity index (χ3v) is 5.82. The molecule has 0 aliphatic carbocycles. The van der Waals surface area contributed by atoms with Crippen molar-refractivity contribution in [3.8, 4) is 11.5 Å². The highest BCUT2D eigenvalue weighted by Crippen LogP contribution is 2.35. The molecule has 186 valence electrons. The molecule has 3 aromatic carbocycles. The van der Waals surface area contributed by atoms with E-state index in [1.807, 2.05) is 74.5 Å². The fourth-order valence-electron chi connectivity index (χ4n) is 3.95. The van der Waals surface area contributed by atoms with Gasteiger partial charge in [0.15, 0.2) is 11.5 Å². The van der Waals surface area contributed by atoms with Crippen molar-refractivity contribution >= 4 is 12.0 Å². The number of carbonyl (C=O) groups excluding carboxylic acids is 2. The van der Waals surface area contributed by atoms with E-state index in [0.717, 1.165) is 11.1 Å². The van der Waals surface area contributed by atoms with Crippen LogP contribution in [-0.4, -0.2) is 18.6 Å². The first-order chi connectivity index (χ1) is 17.4. The van der Waals surface area contributed by atoms with Crippen molar-refractivity contribution in [3.05, 3.63) is 106 Å².